The molecule has 5 heterocycles. The van der Waals surface area contributed by atoms with Crippen LogP contribution in [0.4, 0.5) is 11.5 Å². The van der Waals surface area contributed by atoms with E-state index in [1.54, 1.807) is 29.4 Å². The van der Waals surface area contributed by atoms with Crippen LogP contribution in [0.1, 0.15) is 29.8 Å². The Balaban J connectivity index is 1.22. The third kappa shape index (κ3) is 5.20. The molecule has 1 fully saturated rings. The molecule has 0 radical (unpaired) electrons. The van der Waals surface area contributed by atoms with Gasteiger partial charge in [0, 0.05) is 55.5 Å². The van der Waals surface area contributed by atoms with Crippen LogP contribution in [0, 0.1) is 0 Å². The summed E-state index contributed by atoms with van der Waals surface area (Å²) in [5, 5.41) is 3.38. The van der Waals surface area contributed by atoms with Crippen molar-refractivity contribution in [3.8, 4) is 11.1 Å². The first kappa shape index (κ1) is 25.8. The van der Waals surface area contributed by atoms with Gasteiger partial charge in [-0.15, -0.1) is 0 Å². The lowest BCUT2D eigenvalue weighted by atomic mass is 10.0. The third-order valence-corrected chi connectivity index (χ3v) is 7.51. The molecule has 2 unspecified atom stereocenters. The first-order chi connectivity index (χ1) is 19.5. The lowest BCUT2D eigenvalue weighted by Gasteiger charge is -2.26. The van der Waals surface area contributed by atoms with Crippen LogP contribution in [0.2, 0.25) is 0 Å². The minimum absolute atomic E-state index is 0.0386. The quantitative estimate of drug-likeness (QED) is 0.369. The molecule has 2 aliphatic rings. The molecule has 6 rings (SSSR count). The van der Waals surface area contributed by atoms with Crippen molar-refractivity contribution < 1.29 is 14.3 Å². The number of hydrogen-bond acceptors (Lipinski definition) is 6. The molecule has 0 bridgehead atoms. The smallest absolute Gasteiger partial charge is 0.255 e. The van der Waals surface area contributed by atoms with E-state index in [1.165, 1.54) is 0 Å². The number of nitrogens with zero attached hydrogens (tertiary/aromatic N) is 5. The second-order valence-corrected chi connectivity index (χ2v) is 10.3. The van der Waals surface area contributed by atoms with Gasteiger partial charge in [-0.1, -0.05) is 36.4 Å². The summed E-state index contributed by atoms with van der Waals surface area (Å²) in [6, 6.07) is 14.0. The number of aromatic nitrogens is 3. The Labute approximate surface area is 233 Å². The monoisotopic (exact) mass is 536 g/mol. The summed E-state index contributed by atoms with van der Waals surface area (Å²) in [4.78, 5) is 38.6. The summed E-state index contributed by atoms with van der Waals surface area (Å²) < 4.78 is 7.31. The van der Waals surface area contributed by atoms with Crippen molar-refractivity contribution in [1.82, 2.24) is 24.2 Å². The van der Waals surface area contributed by atoms with Gasteiger partial charge >= 0.3 is 0 Å². The molecule has 2 aliphatic heterocycles. The van der Waals surface area contributed by atoms with Crippen molar-refractivity contribution in [2.75, 3.05) is 31.6 Å². The Kier molecular flexibility index (Phi) is 7.04. The third-order valence-electron chi connectivity index (χ3n) is 7.51. The minimum atomic E-state index is -0.0386. The van der Waals surface area contributed by atoms with Crippen molar-refractivity contribution in [1.29, 1.82) is 0 Å². The largest absolute Gasteiger partial charge is 0.378 e. The molecule has 3 aromatic heterocycles. The number of fused-ring (bicyclic) bond motifs is 1. The van der Waals surface area contributed by atoms with Gasteiger partial charge in [0.25, 0.3) is 5.91 Å². The molecule has 9 nitrogen and oxygen atoms in total. The molecular formula is C31H32N6O3. The molecule has 1 saturated heterocycles. The Morgan fingerprint density at radius 3 is 2.55 bits per heavy atom. The number of nitrogens with one attached hydrogen (secondary N) is 1. The van der Waals surface area contributed by atoms with E-state index in [0.717, 1.165) is 28.0 Å². The second kappa shape index (κ2) is 10.9. The Morgan fingerprint density at radius 2 is 1.80 bits per heavy atom. The Morgan fingerprint density at radius 1 is 1.00 bits per heavy atom. The highest BCUT2D eigenvalue weighted by atomic mass is 16.5. The van der Waals surface area contributed by atoms with E-state index < -0.39 is 0 Å². The Hall–Kier alpha value is -4.50. The van der Waals surface area contributed by atoms with Crippen molar-refractivity contribution >= 4 is 29.0 Å². The van der Waals surface area contributed by atoms with Crippen LogP contribution in [-0.2, 0) is 16.0 Å². The lowest BCUT2D eigenvalue weighted by molar-refractivity contribution is -0.132. The van der Waals surface area contributed by atoms with E-state index in [-0.39, 0.29) is 23.9 Å². The molecule has 2 atom stereocenters. The molecule has 4 aromatic rings. The zero-order chi connectivity index (χ0) is 27.6. The number of rotatable bonds is 6. The number of hydrogen-bond donors (Lipinski definition) is 1. The summed E-state index contributed by atoms with van der Waals surface area (Å²) in [5.74, 6) is 0.696. The molecule has 2 amide bonds. The molecule has 1 aromatic carbocycles. The highest BCUT2D eigenvalue weighted by Crippen LogP contribution is 2.29. The summed E-state index contributed by atoms with van der Waals surface area (Å²) in [6.07, 6.45) is 11.8. The summed E-state index contributed by atoms with van der Waals surface area (Å²) in [6.45, 7) is 6.40. The highest BCUT2D eigenvalue weighted by Gasteiger charge is 2.27. The number of imidazole rings is 1. The van der Waals surface area contributed by atoms with E-state index in [9.17, 15) is 9.59 Å². The zero-order valence-electron chi connectivity index (χ0n) is 22.7. The Bertz CT molecular complexity index is 1560. The predicted molar refractivity (Wildman–Crippen MR) is 153 cm³/mol. The molecule has 9 heteroatoms. The maximum Gasteiger partial charge on any atom is 0.255 e. The topological polar surface area (TPSA) is 92.1 Å². The van der Waals surface area contributed by atoms with Crippen molar-refractivity contribution in [2.24, 2.45) is 0 Å². The average molecular weight is 537 g/mol. The molecular weight excluding hydrogens is 504 g/mol. The van der Waals surface area contributed by atoms with Crippen molar-refractivity contribution in [2.45, 2.75) is 32.4 Å². The predicted octanol–water partition coefficient (Wildman–Crippen LogP) is 4.33. The van der Waals surface area contributed by atoms with Crippen LogP contribution in [0.25, 0.3) is 16.8 Å². The van der Waals surface area contributed by atoms with E-state index in [1.807, 2.05) is 59.8 Å². The standard InChI is InChI=1S/C31H32N6O3/c1-21-6-7-22(2)37(21)29(38)17-23-4-3-5-24(16-23)26-18-27(30-32-10-11-36(30)20-26)34-28-9-8-25(19-33-28)31(39)35-12-14-40-15-13-35/h3-11,16,18-22H,12-15,17H2,1-2H3,(H,33,34). The van der Waals surface area contributed by atoms with E-state index in [4.69, 9.17) is 4.74 Å². The fourth-order valence-electron chi connectivity index (χ4n) is 5.42. The van der Waals surface area contributed by atoms with Gasteiger partial charge in [0.2, 0.25) is 5.91 Å². The number of anilines is 2. The summed E-state index contributed by atoms with van der Waals surface area (Å²) in [5.41, 5.74) is 5.04. The molecule has 40 heavy (non-hydrogen) atoms. The molecule has 204 valence electrons. The lowest BCUT2D eigenvalue weighted by Crippen LogP contribution is -2.40. The van der Waals surface area contributed by atoms with Crippen LogP contribution >= 0.6 is 0 Å². The fourth-order valence-corrected chi connectivity index (χ4v) is 5.42. The first-order valence-electron chi connectivity index (χ1n) is 13.6. The van der Waals surface area contributed by atoms with Gasteiger partial charge in [-0.3, -0.25) is 9.59 Å². The second-order valence-electron chi connectivity index (χ2n) is 10.3. The molecule has 0 aliphatic carbocycles. The van der Waals surface area contributed by atoms with Gasteiger partial charge in [-0.2, -0.15) is 0 Å². The van der Waals surface area contributed by atoms with Crippen LogP contribution < -0.4 is 5.32 Å². The molecule has 0 spiro atoms. The van der Waals surface area contributed by atoms with E-state index in [2.05, 4.69) is 33.5 Å². The van der Waals surface area contributed by atoms with E-state index in [0.29, 0.717) is 44.1 Å². The van der Waals surface area contributed by atoms with E-state index >= 15 is 0 Å². The van der Waals surface area contributed by atoms with Crippen LogP contribution in [0.3, 0.4) is 0 Å². The van der Waals surface area contributed by atoms with Gasteiger partial charge in [-0.25, -0.2) is 9.97 Å². The fraction of sp³-hybridized carbons (Fsp3) is 0.290. The average Bonchev–Trinajstić information content (AvgIpc) is 3.59. The number of ether oxygens (including phenoxy) is 1. The van der Waals surface area contributed by atoms with Gasteiger partial charge in [0.15, 0.2) is 5.65 Å². The van der Waals surface area contributed by atoms with Gasteiger partial charge in [0.1, 0.15) is 5.82 Å². The van der Waals surface area contributed by atoms with Crippen molar-refractivity contribution in [3.63, 3.8) is 0 Å². The number of pyridine rings is 2. The number of carbonyl (C=O) groups excluding carboxylic acids is 2. The molecule has 0 saturated carbocycles. The maximum atomic E-state index is 13.1. The van der Waals surface area contributed by atoms with Crippen LogP contribution in [0.15, 0.2) is 79.4 Å². The molecule has 1 N–H and O–H groups in total. The summed E-state index contributed by atoms with van der Waals surface area (Å²) >= 11 is 0. The van der Waals surface area contributed by atoms with Gasteiger partial charge in [0.05, 0.1) is 30.9 Å². The summed E-state index contributed by atoms with van der Waals surface area (Å²) in [7, 11) is 0. The first-order valence-corrected chi connectivity index (χ1v) is 13.6. The number of amides is 2. The van der Waals surface area contributed by atoms with Crippen LogP contribution in [-0.4, -0.2) is 74.4 Å². The SMILES string of the molecule is CC1C=CC(C)N1C(=O)Cc1cccc(-c2cc(Nc3ccc(C(=O)N4CCOCC4)cn3)c3nccn3c2)c1. The maximum absolute atomic E-state index is 13.1. The van der Waals surface area contributed by atoms with Crippen LogP contribution in [0.5, 0.6) is 0 Å². The van der Waals surface area contributed by atoms with Gasteiger partial charge in [-0.05, 0) is 43.2 Å². The van der Waals surface area contributed by atoms with Crippen molar-refractivity contribution in [3.05, 3.63) is 90.5 Å². The normalized spacial score (nSPS) is 18.9. The number of carbonyl (C=O) groups is 2. The number of morpholine rings is 1. The highest BCUT2D eigenvalue weighted by molar-refractivity contribution is 5.94. The zero-order valence-corrected chi connectivity index (χ0v) is 22.7. The minimum Gasteiger partial charge on any atom is -0.378 e. The number of benzene rings is 1. The van der Waals surface area contributed by atoms with Gasteiger partial charge < -0.3 is 24.3 Å².